The standard InChI is InChI=1S/C13H16O4/c1-2-8-17-11-5-3-4-10(9-11)12(14)6-7-13(15)16/h3-5,9H,2,6-8H2,1H3,(H,15,16). The molecule has 0 bridgehead atoms. The van der Waals surface area contributed by atoms with Crippen LogP contribution in [0.2, 0.25) is 0 Å². The van der Waals surface area contributed by atoms with E-state index in [2.05, 4.69) is 0 Å². The predicted octanol–water partition coefficient (Wildman–Crippen LogP) is 2.52. The summed E-state index contributed by atoms with van der Waals surface area (Å²) >= 11 is 0. The molecule has 0 aliphatic heterocycles. The highest BCUT2D eigenvalue weighted by atomic mass is 16.5. The lowest BCUT2D eigenvalue weighted by atomic mass is 10.1. The van der Waals surface area contributed by atoms with Crippen LogP contribution in [0.1, 0.15) is 36.5 Å². The van der Waals surface area contributed by atoms with Crippen LogP contribution in [-0.2, 0) is 4.79 Å². The largest absolute Gasteiger partial charge is 0.494 e. The van der Waals surface area contributed by atoms with Gasteiger partial charge < -0.3 is 9.84 Å². The number of aliphatic carboxylic acids is 1. The molecule has 0 heterocycles. The summed E-state index contributed by atoms with van der Waals surface area (Å²) < 4.78 is 5.40. The maximum Gasteiger partial charge on any atom is 0.303 e. The van der Waals surface area contributed by atoms with Gasteiger partial charge in [0.2, 0.25) is 0 Å². The second kappa shape index (κ2) is 6.68. The van der Waals surface area contributed by atoms with Crippen LogP contribution in [0, 0.1) is 0 Å². The summed E-state index contributed by atoms with van der Waals surface area (Å²) in [5.74, 6) is -0.487. The number of Topliss-reactive ketones (excluding diaryl/α,β-unsaturated/α-hetero) is 1. The van der Waals surface area contributed by atoms with Gasteiger partial charge in [0.15, 0.2) is 5.78 Å². The van der Waals surface area contributed by atoms with Crippen molar-refractivity contribution in [1.82, 2.24) is 0 Å². The van der Waals surface area contributed by atoms with E-state index >= 15 is 0 Å². The zero-order valence-electron chi connectivity index (χ0n) is 9.81. The molecule has 0 spiro atoms. The molecule has 1 rings (SSSR count). The fourth-order valence-corrected chi connectivity index (χ4v) is 1.34. The Morgan fingerprint density at radius 1 is 1.29 bits per heavy atom. The molecule has 1 N–H and O–H groups in total. The van der Waals surface area contributed by atoms with Gasteiger partial charge in [-0.25, -0.2) is 0 Å². The monoisotopic (exact) mass is 236 g/mol. The number of carboxylic acid groups (broad SMARTS) is 1. The summed E-state index contributed by atoms with van der Waals surface area (Å²) in [7, 11) is 0. The Hall–Kier alpha value is -1.84. The number of rotatable bonds is 7. The molecular weight excluding hydrogens is 220 g/mol. The highest BCUT2D eigenvalue weighted by Gasteiger charge is 2.09. The third kappa shape index (κ3) is 4.68. The van der Waals surface area contributed by atoms with Crippen LogP contribution in [0.4, 0.5) is 0 Å². The first kappa shape index (κ1) is 13.2. The number of benzene rings is 1. The van der Waals surface area contributed by atoms with Crippen LogP contribution < -0.4 is 4.74 Å². The summed E-state index contributed by atoms with van der Waals surface area (Å²) in [5.41, 5.74) is 0.500. The molecule has 4 heteroatoms. The molecule has 0 fully saturated rings. The molecule has 1 aromatic rings. The fourth-order valence-electron chi connectivity index (χ4n) is 1.34. The lowest BCUT2D eigenvalue weighted by Crippen LogP contribution is -2.04. The molecule has 0 saturated heterocycles. The summed E-state index contributed by atoms with van der Waals surface area (Å²) in [6, 6.07) is 6.84. The third-order valence-electron chi connectivity index (χ3n) is 2.19. The topological polar surface area (TPSA) is 63.6 Å². The van der Waals surface area contributed by atoms with Gasteiger partial charge in [0.05, 0.1) is 13.0 Å². The molecular formula is C13H16O4. The maximum absolute atomic E-state index is 11.7. The molecule has 92 valence electrons. The molecule has 0 unspecified atom stereocenters. The molecule has 0 radical (unpaired) electrons. The summed E-state index contributed by atoms with van der Waals surface area (Å²) in [4.78, 5) is 22.0. The van der Waals surface area contributed by atoms with Crippen molar-refractivity contribution in [2.45, 2.75) is 26.2 Å². The average Bonchev–Trinajstić information content (AvgIpc) is 2.33. The van der Waals surface area contributed by atoms with Gasteiger partial charge in [-0.2, -0.15) is 0 Å². The van der Waals surface area contributed by atoms with Gasteiger partial charge in [-0.15, -0.1) is 0 Å². The Kier molecular flexibility index (Phi) is 5.20. The van der Waals surface area contributed by atoms with Gasteiger partial charge in [0.25, 0.3) is 0 Å². The van der Waals surface area contributed by atoms with Crippen LogP contribution in [0.15, 0.2) is 24.3 Å². The van der Waals surface area contributed by atoms with Crippen LogP contribution in [0.3, 0.4) is 0 Å². The van der Waals surface area contributed by atoms with Crippen molar-refractivity contribution in [2.75, 3.05) is 6.61 Å². The lowest BCUT2D eigenvalue weighted by molar-refractivity contribution is -0.136. The van der Waals surface area contributed by atoms with E-state index in [1.807, 2.05) is 6.92 Å². The van der Waals surface area contributed by atoms with E-state index < -0.39 is 5.97 Å². The molecule has 17 heavy (non-hydrogen) atoms. The van der Waals surface area contributed by atoms with E-state index in [0.29, 0.717) is 17.9 Å². The third-order valence-corrected chi connectivity index (χ3v) is 2.19. The maximum atomic E-state index is 11.7. The van der Waals surface area contributed by atoms with Crippen molar-refractivity contribution in [2.24, 2.45) is 0 Å². The van der Waals surface area contributed by atoms with E-state index in [0.717, 1.165) is 6.42 Å². The Morgan fingerprint density at radius 2 is 2.06 bits per heavy atom. The van der Waals surface area contributed by atoms with E-state index in [-0.39, 0.29) is 18.6 Å². The molecule has 0 aromatic heterocycles. The van der Waals surface area contributed by atoms with Crippen molar-refractivity contribution in [3.8, 4) is 5.75 Å². The zero-order chi connectivity index (χ0) is 12.7. The van der Waals surface area contributed by atoms with Gasteiger partial charge in [0, 0.05) is 12.0 Å². The van der Waals surface area contributed by atoms with Crippen molar-refractivity contribution < 1.29 is 19.4 Å². The zero-order valence-corrected chi connectivity index (χ0v) is 9.81. The summed E-state index contributed by atoms with van der Waals surface area (Å²) in [5, 5.41) is 8.50. The van der Waals surface area contributed by atoms with E-state index in [4.69, 9.17) is 9.84 Å². The number of carbonyl (C=O) groups is 2. The van der Waals surface area contributed by atoms with Crippen LogP contribution in [-0.4, -0.2) is 23.5 Å². The Bertz CT molecular complexity index is 398. The normalized spacial score (nSPS) is 9.94. The minimum Gasteiger partial charge on any atom is -0.494 e. The molecule has 4 nitrogen and oxygen atoms in total. The highest BCUT2D eigenvalue weighted by Crippen LogP contribution is 2.15. The van der Waals surface area contributed by atoms with E-state index in [9.17, 15) is 9.59 Å². The number of ether oxygens (including phenoxy) is 1. The number of hydrogen-bond acceptors (Lipinski definition) is 3. The summed E-state index contributed by atoms with van der Waals surface area (Å²) in [6.07, 6.45) is 0.780. The van der Waals surface area contributed by atoms with E-state index in [1.165, 1.54) is 0 Å². The van der Waals surface area contributed by atoms with Crippen molar-refractivity contribution in [3.05, 3.63) is 29.8 Å². The second-order valence-electron chi connectivity index (χ2n) is 3.69. The van der Waals surface area contributed by atoms with Crippen molar-refractivity contribution in [1.29, 1.82) is 0 Å². The summed E-state index contributed by atoms with van der Waals surface area (Å²) in [6.45, 7) is 2.61. The van der Waals surface area contributed by atoms with Crippen LogP contribution in [0.25, 0.3) is 0 Å². The number of ketones is 1. The minimum absolute atomic E-state index is 0.0204. The molecule has 0 saturated carbocycles. The lowest BCUT2D eigenvalue weighted by Gasteiger charge is -2.06. The SMILES string of the molecule is CCCOc1cccc(C(=O)CCC(=O)O)c1. The van der Waals surface area contributed by atoms with Crippen molar-refractivity contribution in [3.63, 3.8) is 0 Å². The van der Waals surface area contributed by atoms with Crippen molar-refractivity contribution >= 4 is 11.8 Å². The molecule has 0 aliphatic rings. The number of hydrogen-bond donors (Lipinski definition) is 1. The fraction of sp³-hybridized carbons (Fsp3) is 0.385. The van der Waals surface area contributed by atoms with E-state index in [1.54, 1.807) is 24.3 Å². The van der Waals surface area contributed by atoms with Gasteiger partial charge in [-0.05, 0) is 18.6 Å². The quantitative estimate of drug-likeness (QED) is 0.739. The predicted molar refractivity (Wildman–Crippen MR) is 63.4 cm³/mol. The van der Waals surface area contributed by atoms with Crippen LogP contribution >= 0.6 is 0 Å². The minimum atomic E-state index is -0.961. The smallest absolute Gasteiger partial charge is 0.303 e. The highest BCUT2D eigenvalue weighted by molar-refractivity contribution is 5.97. The average molecular weight is 236 g/mol. The molecule has 0 atom stereocenters. The Morgan fingerprint density at radius 3 is 2.71 bits per heavy atom. The first-order valence-electron chi connectivity index (χ1n) is 5.61. The second-order valence-corrected chi connectivity index (χ2v) is 3.69. The molecule has 0 amide bonds. The van der Waals surface area contributed by atoms with Gasteiger partial charge in [-0.1, -0.05) is 19.1 Å². The van der Waals surface area contributed by atoms with Gasteiger partial charge in [0.1, 0.15) is 5.75 Å². The molecule has 0 aliphatic carbocycles. The Balaban J connectivity index is 2.63. The first-order valence-corrected chi connectivity index (χ1v) is 5.61. The van der Waals surface area contributed by atoms with Crippen LogP contribution in [0.5, 0.6) is 5.75 Å². The Labute approximate surface area is 100 Å². The van der Waals surface area contributed by atoms with Gasteiger partial charge in [-0.3, -0.25) is 9.59 Å². The van der Waals surface area contributed by atoms with Gasteiger partial charge >= 0.3 is 5.97 Å². The number of carboxylic acids is 1. The first-order chi connectivity index (χ1) is 8.13. The molecule has 1 aromatic carbocycles. The number of carbonyl (C=O) groups excluding carboxylic acids is 1.